The molecule has 0 amide bonds. The average molecular weight is 167 g/mol. The molecule has 1 saturated carbocycles. The summed E-state index contributed by atoms with van der Waals surface area (Å²) in [5.74, 6) is 0.670. The van der Waals surface area contributed by atoms with Crippen LogP contribution in [0.3, 0.4) is 0 Å². The van der Waals surface area contributed by atoms with Crippen LogP contribution in [0.1, 0.15) is 32.1 Å². The second-order valence-corrected chi connectivity index (χ2v) is 4.14. The highest BCUT2D eigenvalue weighted by atomic mass is 16.1. The molecule has 1 aliphatic carbocycles. The molecule has 2 heteroatoms. The maximum Gasteiger partial charge on any atom is 0.120 e. The van der Waals surface area contributed by atoms with Crippen LogP contribution < -0.4 is 0 Å². The van der Waals surface area contributed by atoms with Crippen molar-refractivity contribution in [2.45, 2.75) is 38.1 Å². The number of carbonyl (C=O) groups is 1. The van der Waals surface area contributed by atoms with E-state index < -0.39 is 0 Å². The molecule has 1 saturated heterocycles. The second kappa shape index (κ2) is 3.56. The third-order valence-corrected chi connectivity index (χ3v) is 3.34. The van der Waals surface area contributed by atoms with E-state index in [2.05, 4.69) is 4.90 Å². The minimum atomic E-state index is 0.670. The lowest BCUT2D eigenvalue weighted by atomic mass is 9.92. The molecule has 2 rings (SSSR count). The van der Waals surface area contributed by atoms with Crippen LogP contribution in [0.4, 0.5) is 0 Å². The molecule has 0 radical (unpaired) electrons. The molecule has 2 aliphatic rings. The third kappa shape index (κ3) is 1.53. The lowest BCUT2D eigenvalue weighted by Crippen LogP contribution is -2.38. The van der Waals surface area contributed by atoms with Crippen molar-refractivity contribution in [3.8, 4) is 0 Å². The van der Waals surface area contributed by atoms with Gasteiger partial charge in [-0.05, 0) is 31.7 Å². The van der Waals surface area contributed by atoms with E-state index >= 15 is 0 Å². The van der Waals surface area contributed by atoms with Crippen LogP contribution in [0, 0.1) is 5.92 Å². The predicted molar refractivity (Wildman–Crippen MR) is 48.0 cm³/mol. The zero-order chi connectivity index (χ0) is 8.39. The van der Waals surface area contributed by atoms with E-state index in [9.17, 15) is 4.79 Å². The highest BCUT2D eigenvalue weighted by Crippen LogP contribution is 2.30. The van der Waals surface area contributed by atoms with E-state index in [0.717, 1.165) is 18.7 Å². The van der Waals surface area contributed by atoms with Gasteiger partial charge in [-0.25, -0.2) is 0 Å². The summed E-state index contributed by atoms with van der Waals surface area (Å²) in [6.07, 6.45) is 7.31. The molecule has 12 heavy (non-hydrogen) atoms. The average Bonchev–Trinajstić information content (AvgIpc) is 2.34. The molecule has 1 unspecified atom stereocenters. The molecule has 1 heterocycles. The van der Waals surface area contributed by atoms with Crippen LogP contribution >= 0.6 is 0 Å². The highest BCUT2D eigenvalue weighted by molar-refractivity contribution is 5.49. The fraction of sp³-hybridized carbons (Fsp3) is 0.900. The number of carbonyl (C=O) groups excluding carboxylic acids is 1. The predicted octanol–water partition coefficient (Wildman–Crippen LogP) is 1.45. The maximum absolute atomic E-state index is 10.3. The van der Waals surface area contributed by atoms with Gasteiger partial charge in [-0.3, -0.25) is 0 Å². The summed E-state index contributed by atoms with van der Waals surface area (Å²) in [6.45, 7) is 2.42. The fourth-order valence-electron chi connectivity index (χ4n) is 2.27. The summed E-state index contributed by atoms with van der Waals surface area (Å²) in [6, 6.07) is 0.877. The molecule has 0 bridgehead atoms. The van der Waals surface area contributed by atoms with Crippen LogP contribution in [-0.4, -0.2) is 30.3 Å². The minimum absolute atomic E-state index is 0.670. The quantitative estimate of drug-likeness (QED) is 0.593. The second-order valence-electron chi connectivity index (χ2n) is 4.14. The van der Waals surface area contributed by atoms with Crippen LogP contribution in [-0.2, 0) is 4.79 Å². The molecule has 0 spiro atoms. The van der Waals surface area contributed by atoms with Crippen molar-refractivity contribution in [2.24, 2.45) is 5.92 Å². The standard InChI is InChI=1S/C10H17NO/c12-7-5-9-4-6-11(8-9)10-2-1-3-10/h7,9-10H,1-6,8H2. The van der Waals surface area contributed by atoms with Crippen molar-refractivity contribution < 1.29 is 4.79 Å². The van der Waals surface area contributed by atoms with Crippen LogP contribution in [0.15, 0.2) is 0 Å². The molecular formula is C10H17NO. The highest BCUT2D eigenvalue weighted by Gasteiger charge is 2.30. The Morgan fingerprint density at radius 2 is 2.17 bits per heavy atom. The molecule has 0 aromatic heterocycles. The van der Waals surface area contributed by atoms with Crippen molar-refractivity contribution >= 4 is 6.29 Å². The SMILES string of the molecule is O=CCC1CCN(C2CCC2)C1. The number of aldehydes is 1. The first-order valence-corrected chi connectivity index (χ1v) is 5.08. The molecule has 1 aliphatic heterocycles. The van der Waals surface area contributed by atoms with Crippen molar-refractivity contribution in [2.75, 3.05) is 13.1 Å². The Bertz CT molecular complexity index is 165. The van der Waals surface area contributed by atoms with Crippen molar-refractivity contribution in [3.05, 3.63) is 0 Å². The van der Waals surface area contributed by atoms with Gasteiger partial charge in [-0.1, -0.05) is 6.42 Å². The van der Waals surface area contributed by atoms with Gasteiger partial charge in [0, 0.05) is 19.0 Å². The molecule has 2 fully saturated rings. The molecule has 2 nitrogen and oxygen atoms in total. The molecule has 1 atom stereocenters. The number of hydrogen-bond donors (Lipinski definition) is 0. The number of hydrogen-bond acceptors (Lipinski definition) is 2. The van der Waals surface area contributed by atoms with Gasteiger partial charge in [0.25, 0.3) is 0 Å². The van der Waals surface area contributed by atoms with Gasteiger partial charge in [-0.15, -0.1) is 0 Å². The maximum atomic E-state index is 10.3. The Kier molecular flexibility index (Phi) is 2.45. The lowest BCUT2D eigenvalue weighted by Gasteiger charge is -2.34. The van der Waals surface area contributed by atoms with Crippen molar-refractivity contribution in [3.63, 3.8) is 0 Å². The van der Waals surface area contributed by atoms with E-state index in [1.807, 2.05) is 0 Å². The Labute approximate surface area is 73.9 Å². The summed E-state index contributed by atoms with van der Waals surface area (Å²) in [5, 5.41) is 0. The fourth-order valence-corrected chi connectivity index (χ4v) is 2.27. The summed E-state index contributed by atoms with van der Waals surface area (Å²) in [4.78, 5) is 12.9. The zero-order valence-corrected chi connectivity index (χ0v) is 7.54. The van der Waals surface area contributed by atoms with E-state index in [1.54, 1.807) is 0 Å². The largest absolute Gasteiger partial charge is 0.303 e. The van der Waals surface area contributed by atoms with Gasteiger partial charge in [-0.2, -0.15) is 0 Å². The van der Waals surface area contributed by atoms with Crippen LogP contribution in [0.25, 0.3) is 0 Å². The number of rotatable bonds is 3. The Morgan fingerprint density at radius 3 is 2.75 bits per heavy atom. The number of likely N-dealkylation sites (tertiary alicyclic amines) is 1. The summed E-state index contributed by atoms with van der Waals surface area (Å²) in [7, 11) is 0. The van der Waals surface area contributed by atoms with Gasteiger partial charge in [0.2, 0.25) is 0 Å². The first-order valence-electron chi connectivity index (χ1n) is 5.08. The van der Waals surface area contributed by atoms with Crippen LogP contribution in [0.5, 0.6) is 0 Å². The summed E-state index contributed by atoms with van der Waals surface area (Å²) >= 11 is 0. The summed E-state index contributed by atoms with van der Waals surface area (Å²) in [5.41, 5.74) is 0. The van der Waals surface area contributed by atoms with Gasteiger partial charge in [0.1, 0.15) is 6.29 Å². The Morgan fingerprint density at radius 1 is 1.33 bits per heavy atom. The van der Waals surface area contributed by atoms with Gasteiger partial charge in [0.05, 0.1) is 0 Å². The molecule has 0 N–H and O–H groups in total. The van der Waals surface area contributed by atoms with E-state index in [0.29, 0.717) is 5.92 Å². The van der Waals surface area contributed by atoms with Crippen molar-refractivity contribution in [1.82, 2.24) is 4.90 Å². The van der Waals surface area contributed by atoms with E-state index in [4.69, 9.17) is 0 Å². The monoisotopic (exact) mass is 167 g/mol. The normalized spacial score (nSPS) is 31.8. The Balaban J connectivity index is 1.77. The Hall–Kier alpha value is -0.370. The molecular weight excluding hydrogens is 150 g/mol. The lowest BCUT2D eigenvalue weighted by molar-refractivity contribution is -0.108. The molecule has 0 aromatic carbocycles. The minimum Gasteiger partial charge on any atom is -0.303 e. The summed E-state index contributed by atoms with van der Waals surface area (Å²) < 4.78 is 0. The van der Waals surface area contributed by atoms with Crippen molar-refractivity contribution in [1.29, 1.82) is 0 Å². The number of nitrogens with zero attached hydrogens (tertiary/aromatic N) is 1. The van der Waals surface area contributed by atoms with Gasteiger partial charge >= 0.3 is 0 Å². The zero-order valence-electron chi connectivity index (χ0n) is 7.54. The first kappa shape index (κ1) is 8.24. The van der Waals surface area contributed by atoms with Gasteiger partial charge in [0.15, 0.2) is 0 Å². The molecule has 68 valence electrons. The van der Waals surface area contributed by atoms with Gasteiger partial charge < -0.3 is 9.69 Å². The van der Waals surface area contributed by atoms with Crippen LogP contribution in [0.2, 0.25) is 0 Å². The van der Waals surface area contributed by atoms with E-state index in [1.165, 1.54) is 38.8 Å². The topological polar surface area (TPSA) is 20.3 Å². The van der Waals surface area contributed by atoms with E-state index in [-0.39, 0.29) is 0 Å². The molecule has 0 aromatic rings. The smallest absolute Gasteiger partial charge is 0.120 e. The first-order chi connectivity index (χ1) is 5.90. The third-order valence-electron chi connectivity index (χ3n) is 3.34.